The number of carbonyl (C=O) groups excluding carboxylic acids is 2. The van der Waals surface area contributed by atoms with E-state index < -0.39 is 16.7 Å². The Labute approximate surface area is 202 Å². The molecule has 2 N–H and O–H groups in total. The highest BCUT2D eigenvalue weighted by molar-refractivity contribution is 6.39. The zero-order chi connectivity index (χ0) is 24.6. The molecule has 10 heteroatoms. The lowest BCUT2D eigenvalue weighted by molar-refractivity contribution is -0.384. The van der Waals surface area contributed by atoms with E-state index in [1.165, 1.54) is 30.0 Å². The van der Waals surface area contributed by atoms with Crippen molar-refractivity contribution < 1.29 is 14.5 Å². The number of nitro groups is 1. The third-order valence-electron chi connectivity index (χ3n) is 5.92. The van der Waals surface area contributed by atoms with Crippen molar-refractivity contribution >= 4 is 28.9 Å². The second kappa shape index (κ2) is 11.2. The van der Waals surface area contributed by atoms with E-state index in [9.17, 15) is 19.7 Å². The number of aromatic nitrogens is 1. The number of nitro benzene ring substituents is 1. The van der Waals surface area contributed by atoms with Gasteiger partial charge in [-0.25, -0.2) is 0 Å². The summed E-state index contributed by atoms with van der Waals surface area (Å²) in [5.41, 5.74) is 2.13. The van der Waals surface area contributed by atoms with Crippen LogP contribution in [0.15, 0.2) is 79.1 Å². The van der Waals surface area contributed by atoms with Crippen molar-refractivity contribution in [1.29, 1.82) is 0 Å². The van der Waals surface area contributed by atoms with Gasteiger partial charge >= 0.3 is 11.8 Å². The fourth-order valence-corrected chi connectivity index (χ4v) is 4.12. The second-order valence-electron chi connectivity index (χ2n) is 8.13. The number of nitrogens with zero attached hydrogens (tertiary/aromatic N) is 4. The minimum atomic E-state index is -0.885. The van der Waals surface area contributed by atoms with Gasteiger partial charge in [-0.15, -0.1) is 0 Å². The normalized spacial score (nSPS) is 14.7. The molecule has 0 aliphatic carbocycles. The molecule has 0 unspecified atom stereocenters. The number of para-hydroxylation sites is 1. The van der Waals surface area contributed by atoms with Gasteiger partial charge in [0.15, 0.2) is 0 Å². The molecular weight excluding hydrogens is 448 g/mol. The number of hydrogen-bond donors (Lipinski definition) is 2. The van der Waals surface area contributed by atoms with Crippen molar-refractivity contribution in [3.05, 3.63) is 94.8 Å². The van der Waals surface area contributed by atoms with Crippen molar-refractivity contribution in [1.82, 2.24) is 15.2 Å². The van der Waals surface area contributed by atoms with E-state index in [4.69, 9.17) is 0 Å². The first-order valence-corrected chi connectivity index (χ1v) is 11.3. The largest absolute Gasteiger partial charge is 0.369 e. The number of anilines is 2. The average Bonchev–Trinajstić information content (AvgIpc) is 2.90. The number of rotatable bonds is 7. The molecule has 2 aromatic carbocycles. The van der Waals surface area contributed by atoms with Crippen molar-refractivity contribution in [2.45, 2.75) is 6.04 Å². The molecule has 0 bridgehead atoms. The van der Waals surface area contributed by atoms with E-state index >= 15 is 0 Å². The summed E-state index contributed by atoms with van der Waals surface area (Å²) in [5.74, 6) is -1.70. The van der Waals surface area contributed by atoms with Crippen LogP contribution in [0.1, 0.15) is 11.6 Å². The standard InChI is InChI=1S/C25H26N6O4/c32-24(25(33)28-20-7-4-10-22(16-20)31(34)35)27-18-23(19-6-5-11-26-17-19)30-14-12-29(13-15-30)21-8-2-1-3-9-21/h1-11,16-17,23H,12-15,18H2,(H,27,32)(H,28,33)/t23-/m0/s1. The number of piperazine rings is 1. The van der Waals surface area contributed by atoms with Crippen LogP contribution in [0.2, 0.25) is 0 Å². The van der Waals surface area contributed by atoms with Gasteiger partial charge in [-0.1, -0.05) is 30.3 Å². The van der Waals surface area contributed by atoms with Crippen LogP contribution in [0.25, 0.3) is 0 Å². The van der Waals surface area contributed by atoms with Gasteiger partial charge < -0.3 is 15.5 Å². The third-order valence-corrected chi connectivity index (χ3v) is 5.92. The Kier molecular flexibility index (Phi) is 7.63. The molecule has 3 aromatic rings. The number of carbonyl (C=O) groups is 2. The summed E-state index contributed by atoms with van der Waals surface area (Å²) < 4.78 is 0. The van der Waals surface area contributed by atoms with Crippen LogP contribution in [0.3, 0.4) is 0 Å². The molecule has 1 atom stereocenters. The first kappa shape index (κ1) is 23.8. The molecule has 1 aliphatic rings. The third kappa shape index (κ3) is 6.18. The van der Waals surface area contributed by atoms with Crippen LogP contribution in [0.4, 0.5) is 17.1 Å². The predicted octanol–water partition coefficient (Wildman–Crippen LogP) is 2.61. The van der Waals surface area contributed by atoms with Gasteiger partial charge in [0.05, 0.1) is 11.0 Å². The zero-order valence-electron chi connectivity index (χ0n) is 19.0. The molecule has 0 radical (unpaired) electrons. The van der Waals surface area contributed by atoms with Crippen LogP contribution >= 0.6 is 0 Å². The number of hydrogen-bond acceptors (Lipinski definition) is 7. The Hall–Kier alpha value is -4.31. The van der Waals surface area contributed by atoms with E-state index in [1.807, 2.05) is 30.3 Å². The minimum Gasteiger partial charge on any atom is -0.369 e. The minimum absolute atomic E-state index is 0.156. The number of pyridine rings is 1. The molecule has 0 saturated carbocycles. The topological polar surface area (TPSA) is 121 Å². The van der Waals surface area contributed by atoms with E-state index in [0.717, 1.165) is 31.7 Å². The van der Waals surface area contributed by atoms with Crippen LogP contribution in [-0.2, 0) is 9.59 Å². The van der Waals surface area contributed by atoms with Gasteiger partial charge in [0.2, 0.25) is 0 Å². The maximum Gasteiger partial charge on any atom is 0.313 e. The summed E-state index contributed by atoms with van der Waals surface area (Å²) in [6, 6.07) is 19.3. The average molecular weight is 475 g/mol. The SMILES string of the molecule is O=C(NC[C@@H](c1cccnc1)N1CCN(c2ccccc2)CC1)C(=O)Nc1cccc([N+](=O)[O-])c1. The second-order valence-corrected chi connectivity index (χ2v) is 8.13. The Bertz CT molecular complexity index is 1170. The van der Waals surface area contributed by atoms with Crippen molar-refractivity contribution in [2.24, 2.45) is 0 Å². The smallest absolute Gasteiger partial charge is 0.313 e. The molecule has 0 spiro atoms. The Morgan fingerprint density at radius 3 is 2.43 bits per heavy atom. The quantitative estimate of drug-likeness (QED) is 0.307. The lowest BCUT2D eigenvalue weighted by Gasteiger charge is -2.40. The fraction of sp³-hybridized carbons (Fsp3) is 0.240. The van der Waals surface area contributed by atoms with Gasteiger partial charge in [0, 0.05) is 68.6 Å². The Morgan fingerprint density at radius 2 is 1.74 bits per heavy atom. The van der Waals surface area contributed by atoms with Crippen molar-refractivity contribution in [3.63, 3.8) is 0 Å². The molecule has 10 nitrogen and oxygen atoms in total. The molecule has 1 aliphatic heterocycles. The Balaban J connectivity index is 1.38. The maximum atomic E-state index is 12.5. The summed E-state index contributed by atoms with van der Waals surface area (Å²) in [4.78, 5) is 44.1. The number of non-ortho nitro benzene ring substituents is 1. The van der Waals surface area contributed by atoms with E-state index in [-0.39, 0.29) is 24.0 Å². The van der Waals surface area contributed by atoms with Gasteiger partial charge in [-0.05, 0) is 29.8 Å². The van der Waals surface area contributed by atoms with Crippen molar-refractivity contribution in [3.8, 4) is 0 Å². The monoisotopic (exact) mass is 474 g/mol. The molecule has 35 heavy (non-hydrogen) atoms. The van der Waals surface area contributed by atoms with E-state index in [0.29, 0.717) is 0 Å². The maximum absolute atomic E-state index is 12.5. The zero-order valence-corrected chi connectivity index (χ0v) is 19.0. The number of nitrogens with one attached hydrogen (secondary N) is 2. The summed E-state index contributed by atoms with van der Waals surface area (Å²) in [5, 5.41) is 16.1. The van der Waals surface area contributed by atoms with Crippen LogP contribution < -0.4 is 15.5 Å². The molecule has 4 rings (SSSR count). The van der Waals surface area contributed by atoms with Crippen LogP contribution in [-0.4, -0.2) is 59.3 Å². The lowest BCUT2D eigenvalue weighted by atomic mass is 10.1. The van der Waals surface area contributed by atoms with Gasteiger partial charge in [0.25, 0.3) is 5.69 Å². The highest BCUT2D eigenvalue weighted by Crippen LogP contribution is 2.23. The molecule has 1 saturated heterocycles. The van der Waals surface area contributed by atoms with E-state index in [1.54, 1.807) is 12.4 Å². The lowest BCUT2D eigenvalue weighted by Crippen LogP contribution is -2.50. The summed E-state index contributed by atoms with van der Waals surface area (Å²) in [6.45, 7) is 3.45. The summed E-state index contributed by atoms with van der Waals surface area (Å²) in [7, 11) is 0. The number of benzene rings is 2. The fourth-order valence-electron chi connectivity index (χ4n) is 4.12. The van der Waals surface area contributed by atoms with E-state index in [2.05, 4.69) is 37.6 Å². The van der Waals surface area contributed by atoms with Crippen LogP contribution in [0.5, 0.6) is 0 Å². The predicted molar refractivity (Wildman–Crippen MR) is 132 cm³/mol. The summed E-state index contributed by atoms with van der Waals surface area (Å²) >= 11 is 0. The first-order valence-electron chi connectivity index (χ1n) is 11.3. The molecule has 2 heterocycles. The van der Waals surface area contributed by atoms with Gasteiger partial charge in [0.1, 0.15) is 0 Å². The Morgan fingerprint density at radius 1 is 0.971 bits per heavy atom. The molecule has 180 valence electrons. The highest BCUT2D eigenvalue weighted by Gasteiger charge is 2.27. The molecule has 1 aromatic heterocycles. The molecular formula is C25H26N6O4. The summed E-state index contributed by atoms with van der Waals surface area (Å²) in [6.07, 6.45) is 3.46. The van der Waals surface area contributed by atoms with Gasteiger partial charge in [-0.3, -0.25) is 29.6 Å². The highest BCUT2D eigenvalue weighted by atomic mass is 16.6. The first-order chi connectivity index (χ1) is 17.0. The number of amides is 2. The van der Waals surface area contributed by atoms with Gasteiger partial charge in [-0.2, -0.15) is 0 Å². The van der Waals surface area contributed by atoms with Crippen LogP contribution in [0, 0.1) is 10.1 Å². The van der Waals surface area contributed by atoms with Crippen molar-refractivity contribution in [2.75, 3.05) is 42.9 Å². The molecule has 2 amide bonds. The molecule has 1 fully saturated rings.